The van der Waals surface area contributed by atoms with Gasteiger partial charge in [0.25, 0.3) is 0 Å². The molecule has 1 aromatic carbocycles. The number of phenolic OH excluding ortho intramolecular Hbond substituents is 1. The van der Waals surface area contributed by atoms with Gasteiger partial charge >= 0.3 is 0 Å². The van der Waals surface area contributed by atoms with E-state index in [9.17, 15) is 5.11 Å². The second-order valence-electron chi connectivity index (χ2n) is 5.02. The average molecular weight is 279 g/mol. The van der Waals surface area contributed by atoms with Gasteiger partial charge in [0, 0.05) is 26.2 Å². The molecule has 5 heteroatoms. The van der Waals surface area contributed by atoms with E-state index < -0.39 is 0 Å². The molecule has 1 rings (SSSR count). The monoisotopic (exact) mass is 279 g/mol. The van der Waals surface area contributed by atoms with Crippen LogP contribution in [0.3, 0.4) is 0 Å². The Bertz CT molecular complexity index is 445. The maximum atomic E-state index is 9.87. The summed E-state index contributed by atoms with van der Waals surface area (Å²) in [7, 11) is 3.33. The lowest BCUT2D eigenvalue weighted by molar-refractivity contribution is 0.406. The third kappa shape index (κ3) is 5.38. The van der Waals surface area contributed by atoms with E-state index in [0.717, 1.165) is 24.5 Å². The molecule has 0 aliphatic heterocycles. The Morgan fingerprint density at radius 2 is 2.10 bits per heavy atom. The number of ether oxygens (including phenoxy) is 1. The zero-order chi connectivity index (χ0) is 15.0. The van der Waals surface area contributed by atoms with Crippen LogP contribution in [0.5, 0.6) is 11.5 Å². The fourth-order valence-electron chi connectivity index (χ4n) is 1.72. The number of nitrogens with one attached hydrogen (secondary N) is 2. The smallest absolute Gasteiger partial charge is 0.190 e. The highest BCUT2D eigenvalue weighted by atomic mass is 16.5. The standard InChI is InChI=1S/C15H25N3O2/c1-11(2)10-18-15(16-3)17-8-7-12-5-6-13(20-4)9-14(12)19/h5-6,9,11,19H,7-8,10H2,1-4H3,(H2,16,17,18). The minimum Gasteiger partial charge on any atom is -0.508 e. The number of benzene rings is 1. The number of hydrogen-bond acceptors (Lipinski definition) is 3. The second kappa shape index (κ2) is 8.30. The van der Waals surface area contributed by atoms with Crippen molar-refractivity contribution in [1.82, 2.24) is 10.6 Å². The quantitative estimate of drug-likeness (QED) is 0.548. The highest BCUT2D eigenvalue weighted by Crippen LogP contribution is 2.23. The van der Waals surface area contributed by atoms with Crippen LogP contribution < -0.4 is 15.4 Å². The molecule has 0 heterocycles. The summed E-state index contributed by atoms with van der Waals surface area (Å²) in [4.78, 5) is 4.15. The van der Waals surface area contributed by atoms with Gasteiger partial charge in [-0.3, -0.25) is 4.99 Å². The molecule has 0 fully saturated rings. The van der Waals surface area contributed by atoms with Crippen LogP contribution in [0.2, 0.25) is 0 Å². The van der Waals surface area contributed by atoms with Crippen molar-refractivity contribution >= 4 is 5.96 Å². The van der Waals surface area contributed by atoms with Crippen molar-refractivity contribution in [2.75, 3.05) is 27.2 Å². The van der Waals surface area contributed by atoms with Crippen molar-refractivity contribution in [3.05, 3.63) is 23.8 Å². The number of phenols is 1. The highest BCUT2D eigenvalue weighted by molar-refractivity contribution is 5.79. The molecule has 112 valence electrons. The number of hydrogen-bond donors (Lipinski definition) is 3. The predicted octanol–water partition coefficient (Wildman–Crippen LogP) is 1.76. The molecule has 0 bridgehead atoms. The molecule has 3 N–H and O–H groups in total. The Kier molecular flexibility index (Phi) is 6.70. The molecule has 0 saturated carbocycles. The molecule has 0 aromatic heterocycles. The number of aromatic hydroxyl groups is 1. The molecular weight excluding hydrogens is 254 g/mol. The largest absolute Gasteiger partial charge is 0.508 e. The number of aliphatic imine (C=N–C) groups is 1. The molecule has 0 atom stereocenters. The molecule has 0 spiro atoms. The van der Waals surface area contributed by atoms with Crippen LogP contribution in [-0.2, 0) is 6.42 Å². The number of nitrogens with zero attached hydrogens (tertiary/aromatic N) is 1. The predicted molar refractivity (Wildman–Crippen MR) is 82.6 cm³/mol. The summed E-state index contributed by atoms with van der Waals surface area (Å²) >= 11 is 0. The van der Waals surface area contributed by atoms with E-state index in [-0.39, 0.29) is 5.75 Å². The summed E-state index contributed by atoms with van der Waals surface area (Å²) in [6.07, 6.45) is 0.720. The lowest BCUT2D eigenvalue weighted by Gasteiger charge is -2.13. The van der Waals surface area contributed by atoms with Gasteiger partial charge in [-0.2, -0.15) is 0 Å². The average Bonchev–Trinajstić information content (AvgIpc) is 2.43. The Labute approximate surface area is 121 Å². The maximum Gasteiger partial charge on any atom is 0.190 e. The molecule has 0 aliphatic carbocycles. The van der Waals surface area contributed by atoms with Crippen LogP contribution in [0, 0.1) is 5.92 Å². The minimum absolute atomic E-state index is 0.260. The highest BCUT2D eigenvalue weighted by Gasteiger charge is 2.04. The van der Waals surface area contributed by atoms with Gasteiger partial charge in [-0.05, 0) is 24.0 Å². The molecule has 0 unspecified atom stereocenters. The van der Waals surface area contributed by atoms with Gasteiger partial charge in [-0.25, -0.2) is 0 Å². The molecule has 5 nitrogen and oxygen atoms in total. The fourth-order valence-corrected chi connectivity index (χ4v) is 1.72. The number of methoxy groups -OCH3 is 1. The fraction of sp³-hybridized carbons (Fsp3) is 0.533. The van der Waals surface area contributed by atoms with E-state index in [1.807, 2.05) is 12.1 Å². The molecule has 1 aromatic rings. The van der Waals surface area contributed by atoms with E-state index in [2.05, 4.69) is 29.5 Å². The Balaban J connectivity index is 2.43. The van der Waals surface area contributed by atoms with Gasteiger partial charge in [0.05, 0.1) is 7.11 Å². The SMILES string of the molecule is CN=C(NCCc1ccc(OC)cc1O)NCC(C)C. The summed E-state index contributed by atoms with van der Waals surface area (Å²) in [6, 6.07) is 5.35. The third-order valence-corrected chi connectivity index (χ3v) is 2.88. The van der Waals surface area contributed by atoms with Gasteiger partial charge in [-0.1, -0.05) is 19.9 Å². The van der Waals surface area contributed by atoms with E-state index in [4.69, 9.17) is 4.74 Å². The molecular formula is C15H25N3O2. The molecule has 20 heavy (non-hydrogen) atoms. The van der Waals surface area contributed by atoms with Gasteiger partial charge in [0.1, 0.15) is 11.5 Å². The van der Waals surface area contributed by atoms with Crippen molar-refractivity contribution in [2.45, 2.75) is 20.3 Å². The van der Waals surface area contributed by atoms with Gasteiger partial charge in [0.2, 0.25) is 0 Å². The first-order chi connectivity index (χ1) is 9.56. The first kappa shape index (κ1) is 16.1. The summed E-state index contributed by atoms with van der Waals surface area (Å²) in [5, 5.41) is 16.3. The number of rotatable bonds is 6. The topological polar surface area (TPSA) is 65.9 Å². The molecule has 0 aliphatic rings. The summed E-state index contributed by atoms with van der Waals surface area (Å²) in [6.45, 7) is 5.89. The van der Waals surface area contributed by atoms with Crippen molar-refractivity contribution in [3.8, 4) is 11.5 Å². The van der Waals surface area contributed by atoms with Gasteiger partial charge in [-0.15, -0.1) is 0 Å². The normalized spacial score (nSPS) is 11.6. The Morgan fingerprint density at radius 1 is 1.35 bits per heavy atom. The van der Waals surface area contributed by atoms with Crippen molar-refractivity contribution in [2.24, 2.45) is 10.9 Å². The zero-order valence-corrected chi connectivity index (χ0v) is 12.7. The van der Waals surface area contributed by atoms with Crippen LogP contribution in [0.4, 0.5) is 0 Å². The zero-order valence-electron chi connectivity index (χ0n) is 12.7. The van der Waals surface area contributed by atoms with E-state index >= 15 is 0 Å². The first-order valence-electron chi connectivity index (χ1n) is 6.87. The second-order valence-corrected chi connectivity index (χ2v) is 5.02. The Hall–Kier alpha value is -1.91. The minimum atomic E-state index is 0.260. The van der Waals surface area contributed by atoms with Crippen LogP contribution >= 0.6 is 0 Å². The van der Waals surface area contributed by atoms with Crippen LogP contribution in [0.25, 0.3) is 0 Å². The van der Waals surface area contributed by atoms with Crippen LogP contribution in [0.15, 0.2) is 23.2 Å². The van der Waals surface area contributed by atoms with Crippen molar-refractivity contribution in [3.63, 3.8) is 0 Å². The lowest BCUT2D eigenvalue weighted by Crippen LogP contribution is -2.39. The van der Waals surface area contributed by atoms with E-state index in [0.29, 0.717) is 18.2 Å². The molecule has 0 saturated heterocycles. The third-order valence-electron chi connectivity index (χ3n) is 2.88. The Morgan fingerprint density at radius 3 is 2.65 bits per heavy atom. The first-order valence-corrected chi connectivity index (χ1v) is 6.87. The van der Waals surface area contributed by atoms with E-state index in [1.54, 1.807) is 20.2 Å². The van der Waals surface area contributed by atoms with Crippen molar-refractivity contribution < 1.29 is 9.84 Å². The maximum absolute atomic E-state index is 9.87. The van der Waals surface area contributed by atoms with Crippen LogP contribution in [-0.4, -0.2) is 38.3 Å². The summed E-state index contributed by atoms with van der Waals surface area (Å²) < 4.78 is 5.06. The molecule has 0 radical (unpaired) electrons. The molecule has 0 amide bonds. The summed E-state index contributed by atoms with van der Waals surface area (Å²) in [5.74, 6) is 2.27. The summed E-state index contributed by atoms with van der Waals surface area (Å²) in [5.41, 5.74) is 0.887. The van der Waals surface area contributed by atoms with E-state index in [1.165, 1.54) is 0 Å². The number of guanidine groups is 1. The van der Waals surface area contributed by atoms with Gasteiger partial charge < -0.3 is 20.5 Å². The van der Waals surface area contributed by atoms with Crippen LogP contribution in [0.1, 0.15) is 19.4 Å². The van der Waals surface area contributed by atoms with Gasteiger partial charge in [0.15, 0.2) is 5.96 Å². The van der Waals surface area contributed by atoms with Crippen molar-refractivity contribution in [1.29, 1.82) is 0 Å². The lowest BCUT2D eigenvalue weighted by atomic mass is 10.1.